The molecule has 1 fully saturated rings. The summed E-state index contributed by atoms with van der Waals surface area (Å²) in [5, 5.41) is 3.56. The Labute approximate surface area is 88.3 Å². The van der Waals surface area contributed by atoms with Crippen LogP contribution < -0.4 is 5.32 Å². The Bertz CT molecular complexity index is 321. The quantitative estimate of drug-likeness (QED) is 0.757. The average Bonchev–Trinajstić information content (AvgIpc) is 2.23. The molecule has 1 unspecified atom stereocenters. The van der Waals surface area contributed by atoms with E-state index < -0.39 is 0 Å². The maximum atomic E-state index is 12.9. The average molecular weight is 214 g/mol. The molecular formula is C11H13ClFN. The Hall–Kier alpha value is -0.600. The summed E-state index contributed by atoms with van der Waals surface area (Å²) in [6, 6.07) is 5.03. The van der Waals surface area contributed by atoms with Crippen LogP contribution in [0.4, 0.5) is 4.39 Å². The van der Waals surface area contributed by atoms with Crippen LogP contribution in [-0.4, -0.2) is 13.1 Å². The third-order valence-electron chi connectivity index (χ3n) is 2.71. The van der Waals surface area contributed by atoms with Gasteiger partial charge in [0.25, 0.3) is 0 Å². The molecule has 1 N–H and O–H groups in total. The normalized spacial score (nSPS) is 22.3. The van der Waals surface area contributed by atoms with Crippen molar-refractivity contribution in [3.05, 3.63) is 34.6 Å². The SMILES string of the molecule is Fc1ccc(C2CCCNC2)cc1Cl. The number of piperidine rings is 1. The molecule has 1 aromatic carbocycles. The molecule has 0 bridgehead atoms. The monoisotopic (exact) mass is 213 g/mol. The molecule has 0 amide bonds. The second-order valence-electron chi connectivity index (χ2n) is 3.72. The summed E-state index contributed by atoms with van der Waals surface area (Å²) >= 11 is 5.74. The second kappa shape index (κ2) is 4.28. The van der Waals surface area contributed by atoms with Crippen LogP contribution >= 0.6 is 11.6 Å². The van der Waals surface area contributed by atoms with E-state index in [1.807, 2.05) is 6.07 Å². The van der Waals surface area contributed by atoms with Crippen molar-refractivity contribution in [2.24, 2.45) is 0 Å². The second-order valence-corrected chi connectivity index (χ2v) is 4.12. The minimum Gasteiger partial charge on any atom is -0.316 e. The molecule has 1 aliphatic rings. The molecule has 0 spiro atoms. The van der Waals surface area contributed by atoms with E-state index in [0.717, 1.165) is 25.1 Å². The first-order chi connectivity index (χ1) is 6.77. The zero-order chi connectivity index (χ0) is 9.97. The van der Waals surface area contributed by atoms with Crippen molar-refractivity contribution in [1.29, 1.82) is 0 Å². The molecule has 1 aromatic rings. The van der Waals surface area contributed by atoms with Crippen molar-refractivity contribution < 1.29 is 4.39 Å². The van der Waals surface area contributed by atoms with Gasteiger partial charge in [0.1, 0.15) is 5.82 Å². The van der Waals surface area contributed by atoms with Gasteiger partial charge in [0, 0.05) is 6.54 Å². The van der Waals surface area contributed by atoms with Crippen LogP contribution in [0.5, 0.6) is 0 Å². The lowest BCUT2D eigenvalue weighted by atomic mass is 9.92. The van der Waals surface area contributed by atoms with Gasteiger partial charge in [-0.25, -0.2) is 4.39 Å². The van der Waals surface area contributed by atoms with Crippen molar-refractivity contribution in [2.45, 2.75) is 18.8 Å². The van der Waals surface area contributed by atoms with E-state index in [4.69, 9.17) is 11.6 Å². The molecule has 1 aliphatic heterocycles. The summed E-state index contributed by atoms with van der Waals surface area (Å²) in [6.45, 7) is 2.06. The molecule has 76 valence electrons. The van der Waals surface area contributed by atoms with Gasteiger partial charge >= 0.3 is 0 Å². The Morgan fingerprint density at radius 3 is 2.93 bits per heavy atom. The van der Waals surface area contributed by atoms with E-state index in [1.54, 1.807) is 6.07 Å². The minimum absolute atomic E-state index is 0.230. The summed E-state index contributed by atoms with van der Waals surface area (Å²) in [7, 11) is 0. The first kappa shape index (κ1) is 9.94. The van der Waals surface area contributed by atoms with Crippen molar-refractivity contribution in [3.8, 4) is 0 Å². The summed E-state index contributed by atoms with van der Waals surface area (Å²) in [6.07, 6.45) is 2.34. The van der Waals surface area contributed by atoms with E-state index in [1.165, 1.54) is 12.5 Å². The fraction of sp³-hybridized carbons (Fsp3) is 0.455. The van der Waals surface area contributed by atoms with E-state index in [2.05, 4.69) is 5.32 Å². The number of halogens is 2. The summed E-state index contributed by atoms with van der Waals surface area (Å²) in [4.78, 5) is 0. The topological polar surface area (TPSA) is 12.0 Å². The fourth-order valence-electron chi connectivity index (χ4n) is 1.90. The lowest BCUT2D eigenvalue weighted by Crippen LogP contribution is -2.28. The maximum Gasteiger partial charge on any atom is 0.141 e. The van der Waals surface area contributed by atoms with Crippen LogP contribution in [0, 0.1) is 5.82 Å². The summed E-state index contributed by atoms with van der Waals surface area (Å²) < 4.78 is 12.9. The van der Waals surface area contributed by atoms with Crippen LogP contribution in [0.2, 0.25) is 5.02 Å². The third kappa shape index (κ3) is 2.07. The zero-order valence-electron chi connectivity index (χ0n) is 7.89. The van der Waals surface area contributed by atoms with E-state index in [9.17, 15) is 4.39 Å². The predicted molar refractivity (Wildman–Crippen MR) is 56.3 cm³/mol. The van der Waals surface area contributed by atoms with Gasteiger partial charge < -0.3 is 5.32 Å². The van der Waals surface area contributed by atoms with Crippen molar-refractivity contribution in [3.63, 3.8) is 0 Å². The molecule has 1 nitrogen and oxygen atoms in total. The summed E-state index contributed by atoms with van der Waals surface area (Å²) in [5.74, 6) is 0.154. The van der Waals surface area contributed by atoms with Gasteiger partial charge in [-0.15, -0.1) is 0 Å². The highest BCUT2D eigenvalue weighted by Gasteiger charge is 2.15. The smallest absolute Gasteiger partial charge is 0.141 e. The molecule has 1 atom stereocenters. The highest BCUT2D eigenvalue weighted by molar-refractivity contribution is 6.30. The van der Waals surface area contributed by atoms with E-state index in [0.29, 0.717) is 5.92 Å². The third-order valence-corrected chi connectivity index (χ3v) is 3.00. The highest BCUT2D eigenvalue weighted by Crippen LogP contribution is 2.26. The molecule has 0 aromatic heterocycles. The Balaban J connectivity index is 2.18. The molecule has 1 saturated heterocycles. The van der Waals surface area contributed by atoms with Gasteiger partial charge in [-0.3, -0.25) is 0 Å². The zero-order valence-corrected chi connectivity index (χ0v) is 8.65. The number of benzene rings is 1. The van der Waals surface area contributed by atoms with Crippen molar-refractivity contribution in [1.82, 2.24) is 5.32 Å². The molecule has 0 aliphatic carbocycles. The Kier molecular flexibility index (Phi) is 3.04. The standard InChI is InChI=1S/C11H13ClFN/c12-10-6-8(3-4-11(10)13)9-2-1-5-14-7-9/h3-4,6,9,14H,1-2,5,7H2. The fourth-order valence-corrected chi connectivity index (χ4v) is 2.09. The molecule has 3 heteroatoms. The van der Waals surface area contributed by atoms with Crippen LogP contribution in [-0.2, 0) is 0 Å². The number of rotatable bonds is 1. The summed E-state index contributed by atoms with van der Waals surface area (Å²) in [5.41, 5.74) is 1.14. The lowest BCUT2D eigenvalue weighted by Gasteiger charge is -2.23. The minimum atomic E-state index is -0.334. The Morgan fingerprint density at radius 1 is 1.43 bits per heavy atom. The molecule has 1 heterocycles. The lowest BCUT2D eigenvalue weighted by molar-refractivity contribution is 0.461. The van der Waals surface area contributed by atoms with Crippen LogP contribution in [0.1, 0.15) is 24.3 Å². The van der Waals surface area contributed by atoms with Gasteiger partial charge in [0.15, 0.2) is 0 Å². The van der Waals surface area contributed by atoms with Crippen LogP contribution in [0.25, 0.3) is 0 Å². The predicted octanol–water partition coefficient (Wildman–Crippen LogP) is 2.95. The maximum absolute atomic E-state index is 12.9. The van der Waals surface area contributed by atoms with E-state index in [-0.39, 0.29) is 10.8 Å². The van der Waals surface area contributed by atoms with Gasteiger partial charge in [-0.1, -0.05) is 17.7 Å². The first-order valence-electron chi connectivity index (χ1n) is 4.93. The van der Waals surface area contributed by atoms with Crippen molar-refractivity contribution in [2.75, 3.05) is 13.1 Å². The molecule has 2 rings (SSSR count). The largest absolute Gasteiger partial charge is 0.316 e. The number of hydrogen-bond acceptors (Lipinski definition) is 1. The first-order valence-corrected chi connectivity index (χ1v) is 5.31. The van der Waals surface area contributed by atoms with Crippen LogP contribution in [0.15, 0.2) is 18.2 Å². The van der Waals surface area contributed by atoms with Gasteiger partial charge in [0.2, 0.25) is 0 Å². The Morgan fingerprint density at radius 2 is 2.29 bits per heavy atom. The van der Waals surface area contributed by atoms with Crippen molar-refractivity contribution >= 4 is 11.6 Å². The van der Waals surface area contributed by atoms with Crippen LogP contribution in [0.3, 0.4) is 0 Å². The van der Waals surface area contributed by atoms with Gasteiger partial charge in [0.05, 0.1) is 5.02 Å². The molecule has 0 saturated carbocycles. The molecule has 0 radical (unpaired) electrons. The van der Waals surface area contributed by atoms with E-state index >= 15 is 0 Å². The molecule has 14 heavy (non-hydrogen) atoms. The van der Waals surface area contributed by atoms with Gasteiger partial charge in [-0.05, 0) is 43.0 Å². The highest BCUT2D eigenvalue weighted by atomic mass is 35.5. The number of nitrogens with one attached hydrogen (secondary N) is 1. The van der Waals surface area contributed by atoms with Gasteiger partial charge in [-0.2, -0.15) is 0 Å². The number of hydrogen-bond donors (Lipinski definition) is 1. The molecular weight excluding hydrogens is 201 g/mol.